The van der Waals surface area contributed by atoms with Crippen molar-refractivity contribution in [1.82, 2.24) is 10.1 Å². The smallest absolute Gasteiger partial charge is 0.439 e. The Bertz CT molecular complexity index is 886. The molecule has 0 aliphatic carbocycles. The number of benzene rings is 1. The molecule has 0 saturated heterocycles. The van der Waals surface area contributed by atoms with E-state index in [4.69, 9.17) is 4.42 Å². The molecule has 0 fully saturated rings. The molecule has 0 saturated carbocycles. The highest BCUT2D eigenvalue weighted by atomic mass is 16.5. The molecule has 0 bridgehead atoms. The lowest BCUT2D eigenvalue weighted by molar-refractivity contribution is 0.388. The van der Waals surface area contributed by atoms with Crippen molar-refractivity contribution in [2.45, 2.75) is 13.8 Å². The van der Waals surface area contributed by atoms with E-state index >= 15 is 0 Å². The fourth-order valence-corrected chi connectivity index (χ4v) is 1.95. The van der Waals surface area contributed by atoms with Gasteiger partial charge in [-0.15, -0.1) is 0 Å². The van der Waals surface area contributed by atoms with Gasteiger partial charge in [0, 0.05) is 5.56 Å². The Morgan fingerprint density at radius 2 is 2.00 bits per heavy atom. The van der Waals surface area contributed by atoms with E-state index in [0.29, 0.717) is 27.9 Å². The van der Waals surface area contributed by atoms with E-state index < -0.39 is 5.76 Å². The van der Waals surface area contributed by atoms with Crippen molar-refractivity contribution in [3.63, 3.8) is 0 Å². The molecule has 0 atom stereocenters. The minimum Gasteiger partial charge on any atom is -0.460 e. The van der Waals surface area contributed by atoms with Crippen LogP contribution in [-0.2, 0) is 0 Å². The number of aromatic amines is 1. The lowest BCUT2D eigenvalue weighted by Gasteiger charge is -2.05. The van der Waals surface area contributed by atoms with Crippen molar-refractivity contribution in [2.75, 3.05) is 0 Å². The van der Waals surface area contributed by atoms with Crippen LogP contribution in [0.15, 0.2) is 36.7 Å². The van der Waals surface area contributed by atoms with Crippen LogP contribution in [0.3, 0.4) is 0 Å². The van der Waals surface area contributed by atoms with Crippen LogP contribution in [0.2, 0.25) is 0 Å². The van der Waals surface area contributed by atoms with Crippen LogP contribution in [0, 0.1) is 13.8 Å². The van der Waals surface area contributed by atoms with Crippen LogP contribution in [-0.4, -0.2) is 10.1 Å². The Morgan fingerprint density at radius 3 is 2.68 bits per heavy atom. The van der Waals surface area contributed by atoms with Crippen molar-refractivity contribution >= 4 is 11.0 Å². The SMILES string of the molecule is Cc1oc2c(-c3noc(=O)[nH]3)cccc2c(=O)c1C. The fourth-order valence-electron chi connectivity index (χ4n) is 1.95. The Balaban J connectivity index is 2.45. The summed E-state index contributed by atoms with van der Waals surface area (Å²) >= 11 is 0. The third-order valence-corrected chi connectivity index (χ3v) is 3.08. The maximum Gasteiger partial charge on any atom is 0.439 e. The zero-order valence-corrected chi connectivity index (χ0v) is 10.3. The number of nitrogens with zero attached hydrogens (tertiary/aromatic N) is 1. The van der Waals surface area contributed by atoms with Gasteiger partial charge in [-0.3, -0.25) is 14.3 Å². The maximum absolute atomic E-state index is 12.2. The van der Waals surface area contributed by atoms with Crippen LogP contribution in [0.4, 0.5) is 0 Å². The van der Waals surface area contributed by atoms with Crippen molar-refractivity contribution in [3.8, 4) is 11.4 Å². The summed E-state index contributed by atoms with van der Waals surface area (Å²) in [5, 5.41) is 4.06. The highest BCUT2D eigenvalue weighted by Gasteiger charge is 2.14. The van der Waals surface area contributed by atoms with Gasteiger partial charge in [-0.25, -0.2) is 4.79 Å². The van der Waals surface area contributed by atoms with Gasteiger partial charge in [0.2, 0.25) is 0 Å². The number of aryl methyl sites for hydroxylation is 1. The second kappa shape index (κ2) is 3.94. The number of aromatic nitrogens is 2. The van der Waals surface area contributed by atoms with Gasteiger partial charge in [0.15, 0.2) is 11.3 Å². The third-order valence-electron chi connectivity index (χ3n) is 3.08. The van der Waals surface area contributed by atoms with Gasteiger partial charge in [0.05, 0.1) is 10.9 Å². The molecule has 0 radical (unpaired) electrons. The topological polar surface area (TPSA) is 89.1 Å². The molecule has 19 heavy (non-hydrogen) atoms. The monoisotopic (exact) mass is 258 g/mol. The molecule has 2 aromatic heterocycles. The van der Waals surface area contributed by atoms with Crippen LogP contribution >= 0.6 is 0 Å². The standard InChI is InChI=1S/C13H10N2O4/c1-6-7(2)18-11-8(10(6)16)4-3-5-9(11)12-14-13(17)19-15-12/h3-5H,1-2H3,(H,14,15,17). The van der Waals surface area contributed by atoms with Crippen molar-refractivity contribution in [1.29, 1.82) is 0 Å². The molecule has 6 heteroatoms. The van der Waals surface area contributed by atoms with Crippen LogP contribution in [0.25, 0.3) is 22.4 Å². The first-order valence-corrected chi connectivity index (χ1v) is 5.67. The summed E-state index contributed by atoms with van der Waals surface area (Å²) < 4.78 is 10.1. The van der Waals surface area contributed by atoms with E-state index in [9.17, 15) is 9.59 Å². The number of fused-ring (bicyclic) bond motifs is 1. The molecule has 0 unspecified atom stereocenters. The minimum absolute atomic E-state index is 0.0913. The molecule has 1 N–H and O–H groups in total. The summed E-state index contributed by atoms with van der Waals surface area (Å²) in [6.07, 6.45) is 0. The number of hydrogen-bond donors (Lipinski definition) is 1. The molecule has 3 aromatic rings. The predicted octanol–water partition coefficient (Wildman–Crippen LogP) is 1.75. The van der Waals surface area contributed by atoms with Gasteiger partial charge in [0.1, 0.15) is 11.3 Å². The summed E-state index contributed by atoms with van der Waals surface area (Å²) in [6, 6.07) is 5.08. The van der Waals surface area contributed by atoms with Gasteiger partial charge in [0.25, 0.3) is 0 Å². The van der Waals surface area contributed by atoms with Crippen LogP contribution < -0.4 is 11.2 Å². The Morgan fingerprint density at radius 1 is 1.21 bits per heavy atom. The van der Waals surface area contributed by atoms with Crippen molar-refractivity contribution < 1.29 is 8.94 Å². The molecule has 2 heterocycles. The molecule has 0 aliphatic heterocycles. The number of nitrogens with one attached hydrogen (secondary N) is 1. The van der Waals surface area contributed by atoms with Gasteiger partial charge >= 0.3 is 5.76 Å². The first-order valence-electron chi connectivity index (χ1n) is 5.67. The highest BCUT2D eigenvalue weighted by Crippen LogP contribution is 2.25. The number of para-hydroxylation sites is 1. The summed E-state index contributed by atoms with van der Waals surface area (Å²) in [6.45, 7) is 3.43. The second-order valence-electron chi connectivity index (χ2n) is 4.24. The Kier molecular flexibility index (Phi) is 2.38. The predicted molar refractivity (Wildman–Crippen MR) is 68.1 cm³/mol. The van der Waals surface area contributed by atoms with Crippen molar-refractivity contribution in [2.24, 2.45) is 0 Å². The molecule has 0 spiro atoms. The van der Waals surface area contributed by atoms with Gasteiger partial charge in [-0.05, 0) is 26.0 Å². The van der Waals surface area contributed by atoms with Crippen LogP contribution in [0.5, 0.6) is 0 Å². The molecule has 0 amide bonds. The Labute approximate surface area is 106 Å². The molecule has 1 aromatic carbocycles. The molecule has 96 valence electrons. The molecule has 6 nitrogen and oxygen atoms in total. The summed E-state index contributed by atoms with van der Waals surface area (Å²) in [7, 11) is 0. The van der Waals surface area contributed by atoms with E-state index in [1.165, 1.54) is 0 Å². The average molecular weight is 258 g/mol. The number of H-pyrrole nitrogens is 1. The van der Waals surface area contributed by atoms with Crippen LogP contribution in [0.1, 0.15) is 11.3 Å². The largest absolute Gasteiger partial charge is 0.460 e. The summed E-state index contributed by atoms with van der Waals surface area (Å²) in [5.74, 6) is 0.121. The molecular formula is C13H10N2O4. The van der Waals surface area contributed by atoms with Gasteiger partial charge < -0.3 is 4.42 Å². The van der Waals surface area contributed by atoms with E-state index in [1.54, 1.807) is 32.0 Å². The average Bonchev–Trinajstić information content (AvgIpc) is 2.82. The molecular weight excluding hydrogens is 248 g/mol. The normalized spacial score (nSPS) is 11.1. The maximum atomic E-state index is 12.2. The zero-order chi connectivity index (χ0) is 13.6. The second-order valence-corrected chi connectivity index (χ2v) is 4.24. The van der Waals surface area contributed by atoms with E-state index in [-0.39, 0.29) is 11.3 Å². The molecule has 3 rings (SSSR count). The quantitative estimate of drug-likeness (QED) is 0.718. The lowest BCUT2D eigenvalue weighted by Crippen LogP contribution is -2.07. The van der Waals surface area contributed by atoms with Crippen molar-refractivity contribution in [3.05, 3.63) is 50.3 Å². The van der Waals surface area contributed by atoms with Gasteiger partial charge in [-0.1, -0.05) is 11.2 Å². The lowest BCUT2D eigenvalue weighted by atomic mass is 10.1. The molecule has 0 aliphatic rings. The third kappa shape index (κ3) is 1.69. The van der Waals surface area contributed by atoms with E-state index in [1.807, 2.05) is 0 Å². The number of hydrogen-bond acceptors (Lipinski definition) is 5. The first kappa shape index (κ1) is 11.5. The fraction of sp³-hybridized carbons (Fsp3) is 0.154. The van der Waals surface area contributed by atoms with E-state index in [2.05, 4.69) is 14.7 Å². The summed E-state index contributed by atoms with van der Waals surface area (Å²) in [5.41, 5.74) is 1.38. The summed E-state index contributed by atoms with van der Waals surface area (Å²) in [4.78, 5) is 25.6. The number of rotatable bonds is 1. The minimum atomic E-state index is -0.654. The van der Waals surface area contributed by atoms with E-state index in [0.717, 1.165) is 0 Å². The highest BCUT2D eigenvalue weighted by molar-refractivity contribution is 5.90. The first-order chi connectivity index (χ1) is 9.08. The Hall–Kier alpha value is -2.63. The van der Waals surface area contributed by atoms with Gasteiger partial charge in [-0.2, -0.15) is 0 Å². The zero-order valence-electron chi connectivity index (χ0n) is 10.3.